The first kappa shape index (κ1) is 17.5. The number of hydrogen-bond acceptors (Lipinski definition) is 3. The molecule has 21 heavy (non-hydrogen) atoms. The molecule has 1 aliphatic heterocycles. The lowest BCUT2D eigenvalue weighted by atomic mass is 10.1. The molecule has 0 bridgehead atoms. The van der Waals surface area contributed by atoms with Crippen LogP contribution in [-0.4, -0.2) is 31.4 Å². The Morgan fingerprint density at radius 2 is 2.19 bits per heavy atom. The lowest BCUT2D eigenvalue weighted by Gasteiger charge is -2.11. The molecular formula is C15H22ClN3O2. The Hall–Kier alpha value is -1.59. The number of halogens is 1. The molecule has 6 heteroatoms. The van der Waals surface area contributed by atoms with Crippen molar-refractivity contribution in [3.8, 4) is 0 Å². The zero-order chi connectivity index (χ0) is 14.4. The standard InChI is InChI=1S/C15H21N3O2.ClH/c1-16-15(20)12-5-2-4-11(8-12)10-18-14(19)9-13-6-3-7-17-13;/h2,4-5,8,13,17H,3,6-7,9-10H2,1H3,(H,16,20)(H,18,19);1H. The minimum Gasteiger partial charge on any atom is -0.355 e. The van der Waals surface area contributed by atoms with Gasteiger partial charge in [0, 0.05) is 31.6 Å². The van der Waals surface area contributed by atoms with Crippen LogP contribution < -0.4 is 16.0 Å². The van der Waals surface area contributed by atoms with E-state index in [9.17, 15) is 9.59 Å². The molecule has 1 heterocycles. The Labute approximate surface area is 131 Å². The molecule has 2 amide bonds. The highest BCUT2D eigenvalue weighted by atomic mass is 35.5. The van der Waals surface area contributed by atoms with Crippen molar-refractivity contribution in [3.63, 3.8) is 0 Å². The third kappa shape index (κ3) is 5.36. The maximum Gasteiger partial charge on any atom is 0.251 e. The molecule has 116 valence electrons. The van der Waals surface area contributed by atoms with Crippen molar-refractivity contribution in [2.75, 3.05) is 13.6 Å². The van der Waals surface area contributed by atoms with E-state index in [0.717, 1.165) is 24.9 Å². The highest BCUT2D eigenvalue weighted by Gasteiger charge is 2.17. The smallest absolute Gasteiger partial charge is 0.251 e. The number of hydrogen-bond donors (Lipinski definition) is 3. The molecule has 0 saturated carbocycles. The molecule has 0 spiro atoms. The normalized spacial score (nSPS) is 16.9. The van der Waals surface area contributed by atoms with E-state index < -0.39 is 0 Å². The van der Waals surface area contributed by atoms with Crippen LogP contribution in [0.3, 0.4) is 0 Å². The Bertz CT molecular complexity index is 488. The van der Waals surface area contributed by atoms with Crippen molar-refractivity contribution < 1.29 is 9.59 Å². The van der Waals surface area contributed by atoms with Gasteiger partial charge in [0.1, 0.15) is 0 Å². The summed E-state index contributed by atoms with van der Waals surface area (Å²) in [7, 11) is 1.60. The Morgan fingerprint density at radius 1 is 1.38 bits per heavy atom. The SMILES string of the molecule is CNC(=O)c1cccc(CNC(=O)CC2CCCN2)c1.Cl. The second-order valence-electron chi connectivity index (χ2n) is 5.05. The van der Waals surface area contributed by atoms with Crippen molar-refractivity contribution in [3.05, 3.63) is 35.4 Å². The zero-order valence-corrected chi connectivity index (χ0v) is 13.0. The lowest BCUT2D eigenvalue weighted by Crippen LogP contribution is -2.31. The number of carbonyl (C=O) groups is 2. The van der Waals surface area contributed by atoms with Crippen molar-refractivity contribution in [1.29, 1.82) is 0 Å². The molecule has 1 fully saturated rings. The van der Waals surface area contributed by atoms with Crippen LogP contribution in [0, 0.1) is 0 Å². The molecule has 1 aromatic rings. The van der Waals surface area contributed by atoms with E-state index in [1.54, 1.807) is 19.2 Å². The highest BCUT2D eigenvalue weighted by Crippen LogP contribution is 2.09. The number of carbonyl (C=O) groups excluding carboxylic acids is 2. The van der Waals surface area contributed by atoms with Gasteiger partial charge in [-0.1, -0.05) is 12.1 Å². The van der Waals surface area contributed by atoms with Crippen molar-refractivity contribution in [1.82, 2.24) is 16.0 Å². The molecule has 1 aliphatic rings. The van der Waals surface area contributed by atoms with E-state index in [2.05, 4.69) is 16.0 Å². The second kappa shape index (κ2) is 8.64. The van der Waals surface area contributed by atoms with Crippen LogP contribution in [0.2, 0.25) is 0 Å². The van der Waals surface area contributed by atoms with Gasteiger partial charge in [0.15, 0.2) is 0 Å². The first-order valence-electron chi connectivity index (χ1n) is 7.00. The summed E-state index contributed by atoms with van der Waals surface area (Å²) in [5.74, 6) is -0.0666. The Morgan fingerprint density at radius 3 is 2.86 bits per heavy atom. The molecule has 0 aliphatic carbocycles. The van der Waals surface area contributed by atoms with Gasteiger partial charge in [-0.25, -0.2) is 0 Å². The first-order chi connectivity index (χ1) is 9.69. The van der Waals surface area contributed by atoms with Gasteiger partial charge in [0.05, 0.1) is 0 Å². The van der Waals surface area contributed by atoms with E-state index in [1.807, 2.05) is 12.1 Å². The van der Waals surface area contributed by atoms with Gasteiger partial charge >= 0.3 is 0 Å². The van der Waals surface area contributed by atoms with Gasteiger partial charge in [0.25, 0.3) is 5.91 Å². The fraction of sp³-hybridized carbons (Fsp3) is 0.467. The summed E-state index contributed by atoms with van der Waals surface area (Å²) in [6.45, 7) is 1.46. The van der Waals surface area contributed by atoms with Crippen molar-refractivity contribution in [2.45, 2.75) is 31.8 Å². The van der Waals surface area contributed by atoms with Gasteiger partial charge in [-0.3, -0.25) is 9.59 Å². The lowest BCUT2D eigenvalue weighted by molar-refractivity contribution is -0.121. The Balaban J connectivity index is 0.00000220. The monoisotopic (exact) mass is 311 g/mol. The van der Waals surface area contributed by atoms with Crippen LogP contribution in [0.25, 0.3) is 0 Å². The van der Waals surface area contributed by atoms with Crippen molar-refractivity contribution in [2.24, 2.45) is 0 Å². The molecule has 2 rings (SSSR count). The summed E-state index contributed by atoms with van der Waals surface area (Å²) in [4.78, 5) is 23.3. The van der Waals surface area contributed by atoms with E-state index in [0.29, 0.717) is 24.6 Å². The van der Waals surface area contributed by atoms with E-state index in [1.165, 1.54) is 0 Å². The summed E-state index contributed by atoms with van der Waals surface area (Å²) in [6, 6.07) is 7.59. The zero-order valence-electron chi connectivity index (χ0n) is 12.1. The molecular weight excluding hydrogens is 290 g/mol. The minimum absolute atomic E-state index is 0. The van der Waals surface area contributed by atoms with Gasteiger partial charge in [-0.05, 0) is 37.1 Å². The molecule has 1 unspecified atom stereocenters. The number of amides is 2. The minimum atomic E-state index is -0.117. The quantitative estimate of drug-likeness (QED) is 0.766. The molecule has 0 aromatic heterocycles. The molecule has 1 saturated heterocycles. The van der Waals surface area contributed by atoms with Crippen LogP contribution in [0.1, 0.15) is 35.2 Å². The summed E-state index contributed by atoms with van der Waals surface area (Å²) < 4.78 is 0. The van der Waals surface area contributed by atoms with Gasteiger partial charge < -0.3 is 16.0 Å². The van der Waals surface area contributed by atoms with Crippen LogP contribution in [-0.2, 0) is 11.3 Å². The second-order valence-corrected chi connectivity index (χ2v) is 5.05. The average molecular weight is 312 g/mol. The van der Waals surface area contributed by atoms with E-state index in [-0.39, 0.29) is 24.2 Å². The third-order valence-electron chi connectivity index (χ3n) is 3.50. The fourth-order valence-corrected chi connectivity index (χ4v) is 2.39. The fourth-order valence-electron chi connectivity index (χ4n) is 2.39. The molecule has 1 aromatic carbocycles. The van der Waals surface area contributed by atoms with Crippen LogP contribution in [0.4, 0.5) is 0 Å². The largest absolute Gasteiger partial charge is 0.355 e. The predicted molar refractivity (Wildman–Crippen MR) is 84.6 cm³/mol. The van der Waals surface area contributed by atoms with Crippen LogP contribution in [0.5, 0.6) is 0 Å². The van der Waals surface area contributed by atoms with Crippen LogP contribution >= 0.6 is 12.4 Å². The van der Waals surface area contributed by atoms with Gasteiger partial charge in [-0.2, -0.15) is 0 Å². The van der Waals surface area contributed by atoms with Gasteiger partial charge in [0.2, 0.25) is 5.91 Å². The summed E-state index contributed by atoms with van der Waals surface area (Å²) in [5.41, 5.74) is 1.54. The molecule has 5 nitrogen and oxygen atoms in total. The Kier molecular flexibility index (Phi) is 7.19. The maximum atomic E-state index is 11.8. The summed E-state index contributed by atoms with van der Waals surface area (Å²) >= 11 is 0. The molecule has 0 radical (unpaired) electrons. The van der Waals surface area contributed by atoms with E-state index >= 15 is 0 Å². The van der Waals surface area contributed by atoms with Crippen LogP contribution in [0.15, 0.2) is 24.3 Å². The maximum absolute atomic E-state index is 11.8. The summed E-state index contributed by atoms with van der Waals surface area (Å²) in [5, 5.41) is 8.79. The predicted octanol–water partition coefficient (Wildman–Crippen LogP) is 1.23. The molecule has 1 atom stereocenters. The highest BCUT2D eigenvalue weighted by molar-refractivity contribution is 5.94. The first-order valence-corrected chi connectivity index (χ1v) is 7.00. The van der Waals surface area contributed by atoms with Crippen molar-refractivity contribution >= 4 is 24.2 Å². The average Bonchev–Trinajstić information content (AvgIpc) is 2.97. The molecule has 3 N–H and O–H groups in total. The third-order valence-corrected chi connectivity index (χ3v) is 3.50. The summed E-state index contributed by atoms with van der Waals surface area (Å²) in [6.07, 6.45) is 2.74. The number of nitrogens with one attached hydrogen (secondary N) is 3. The van der Waals surface area contributed by atoms with Gasteiger partial charge in [-0.15, -0.1) is 12.4 Å². The van der Waals surface area contributed by atoms with E-state index in [4.69, 9.17) is 0 Å². The number of benzene rings is 1. The number of rotatable bonds is 5. The topological polar surface area (TPSA) is 70.2 Å².